The van der Waals surface area contributed by atoms with Gasteiger partial charge in [-0.15, -0.1) is 0 Å². The van der Waals surface area contributed by atoms with E-state index in [1.807, 2.05) is 18.7 Å². The highest BCUT2D eigenvalue weighted by atomic mass is 16.6. The molecule has 7 nitrogen and oxygen atoms in total. The third-order valence-corrected chi connectivity index (χ3v) is 2.95. The summed E-state index contributed by atoms with van der Waals surface area (Å²) in [5.41, 5.74) is 6.47. The van der Waals surface area contributed by atoms with Crippen molar-refractivity contribution in [3.05, 3.63) is 28.3 Å². The van der Waals surface area contributed by atoms with Gasteiger partial charge < -0.3 is 10.6 Å². The van der Waals surface area contributed by atoms with Gasteiger partial charge in [0.05, 0.1) is 10.4 Å². The van der Waals surface area contributed by atoms with Crippen molar-refractivity contribution < 1.29 is 4.92 Å². The first-order valence-electron chi connectivity index (χ1n) is 6.03. The van der Waals surface area contributed by atoms with Crippen LogP contribution < -0.4 is 10.6 Å². The number of benzene rings is 1. The maximum atomic E-state index is 10.7. The van der Waals surface area contributed by atoms with E-state index < -0.39 is 4.92 Å². The van der Waals surface area contributed by atoms with Crippen LogP contribution in [0.2, 0.25) is 0 Å². The molecule has 0 fully saturated rings. The lowest BCUT2D eigenvalue weighted by molar-refractivity contribution is -0.384. The molecule has 2 aromatic rings. The van der Waals surface area contributed by atoms with Crippen molar-refractivity contribution in [1.82, 2.24) is 9.97 Å². The van der Waals surface area contributed by atoms with Gasteiger partial charge in [-0.25, -0.2) is 4.98 Å². The van der Waals surface area contributed by atoms with E-state index in [1.165, 1.54) is 12.1 Å². The van der Waals surface area contributed by atoms with E-state index in [0.717, 1.165) is 13.1 Å². The average Bonchev–Trinajstić information content (AvgIpc) is 2.39. The second-order valence-electron chi connectivity index (χ2n) is 4.04. The number of rotatable bonds is 4. The summed E-state index contributed by atoms with van der Waals surface area (Å²) in [6.45, 7) is 5.55. The summed E-state index contributed by atoms with van der Waals surface area (Å²) in [7, 11) is 0. The lowest BCUT2D eigenvalue weighted by Gasteiger charge is -2.19. The van der Waals surface area contributed by atoms with Gasteiger partial charge in [-0.3, -0.25) is 10.1 Å². The molecule has 0 aliphatic heterocycles. The maximum Gasteiger partial charge on any atom is 0.270 e. The normalized spacial score (nSPS) is 10.6. The van der Waals surface area contributed by atoms with Gasteiger partial charge in [0.15, 0.2) is 0 Å². The Morgan fingerprint density at radius 3 is 2.58 bits per heavy atom. The Kier molecular flexibility index (Phi) is 3.46. The Morgan fingerprint density at radius 2 is 2.00 bits per heavy atom. The van der Waals surface area contributed by atoms with Crippen LogP contribution in [0.15, 0.2) is 18.2 Å². The number of nitrogen functional groups attached to an aromatic ring is 1. The molecule has 7 heteroatoms. The van der Waals surface area contributed by atoms with E-state index in [2.05, 4.69) is 9.97 Å². The maximum absolute atomic E-state index is 10.7. The van der Waals surface area contributed by atoms with E-state index in [0.29, 0.717) is 16.9 Å². The Labute approximate surface area is 110 Å². The number of nitro groups is 1. The first kappa shape index (κ1) is 13.0. The fourth-order valence-electron chi connectivity index (χ4n) is 1.89. The van der Waals surface area contributed by atoms with Crippen LogP contribution in [-0.4, -0.2) is 28.0 Å². The van der Waals surface area contributed by atoms with Gasteiger partial charge in [0.1, 0.15) is 5.82 Å². The Hall–Kier alpha value is -2.44. The molecule has 0 unspecified atom stereocenters. The summed E-state index contributed by atoms with van der Waals surface area (Å²) in [4.78, 5) is 20.9. The fraction of sp³-hybridized carbons (Fsp3) is 0.333. The first-order chi connectivity index (χ1) is 9.06. The van der Waals surface area contributed by atoms with Crippen LogP contribution in [0.4, 0.5) is 17.5 Å². The van der Waals surface area contributed by atoms with E-state index in [1.54, 1.807) is 6.07 Å². The fourth-order valence-corrected chi connectivity index (χ4v) is 1.89. The van der Waals surface area contributed by atoms with Crippen molar-refractivity contribution >= 4 is 28.4 Å². The number of hydrogen-bond acceptors (Lipinski definition) is 6. The van der Waals surface area contributed by atoms with E-state index in [4.69, 9.17) is 5.73 Å². The highest BCUT2D eigenvalue weighted by molar-refractivity contribution is 5.90. The Morgan fingerprint density at radius 1 is 1.32 bits per heavy atom. The third kappa shape index (κ3) is 2.40. The minimum absolute atomic E-state index is 0.0154. The molecule has 0 spiro atoms. The smallest absolute Gasteiger partial charge is 0.270 e. The molecule has 1 aromatic carbocycles. The predicted molar refractivity (Wildman–Crippen MR) is 74.2 cm³/mol. The van der Waals surface area contributed by atoms with E-state index in [-0.39, 0.29) is 11.5 Å². The van der Waals surface area contributed by atoms with Crippen LogP contribution in [0.5, 0.6) is 0 Å². The predicted octanol–water partition coefficient (Wildman–Crippen LogP) is 1.97. The monoisotopic (exact) mass is 261 g/mol. The van der Waals surface area contributed by atoms with Crippen molar-refractivity contribution in [3.63, 3.8) is 0 Å². The molecule has 100 valence electrons. The molecule has 0 saturated heterocycles. The highest BCUT2D eigenvalue weighted by Gasteiger charge is 2.13. The van der Waals surface area contributed by atoms with Gasteiger partial charge in [0.2, 0.25) is 5.95 Å². The number of aromatic nitrogens is 2. The van der Waals surface area contributed by atoms with Gasteiger partial charge in [-0.05, 0) is 19.9 Å². The summed E-state index contributed by atoms with van der Waals surface area (Å²) in [5, 5.41) is 11.2. The van der Waals surface area contributed by atoms with Crippen molar-refractivity contribution in [1.29, 1.82) is 0 Å². The van der Waals surface area contributed by atoms with Crippen LogP contribution in [0, 0.1) is 10.1 Å². The summed E-state index contributed by atoms with van der Waals surface area (Å²) in [6.07, 6.45) is 0. The zero-order valence-electron chi connectivity index (χ0n) is 10.8. The molecular weight excluding hydrogens is 246 g/mol. The van der Waals surface area contributed by atoms with Gasteiger partial charge >= 0.3 is 0 Å². The molecule has 0 atom stereocenters. The van der Waals surface area contributed by atoms with Crippen molar-refractivity contribution in [3.8, 4) is 0 Å². The number of non-ortho nitro benzene ring substituents is 1. The van der Waals surface area contributed by atoms with Crippen molar-refractivity contribution in [2.75, 3.05) is 23.7 Å². The molecule has 2 rings (SSSR count). The molecule has 1 aromatic heterocycles. The van der Waals surface area contributed by atoms with E-state index in [9.17, 15) is 10.1 Å². The van der Waals surface area contributed by atoms with Crippen LogP contribution in [0.3, 0.4) is 0 Å². The van der Waals surface area contributed by atoms with Gasteiger partial charge in [-0.2, -0.15) is 4.98 Å². The van der Waals surface area contributed by atoms with Crippen LogP contribution >= 0.6 is 0 Å². The SMILES string of the molecule is CCN(CC)c1nc(N)c2cc([N+](=O)[O-])ccc2n1. The van der Waals surface area contributed by atoms with Crippen LogP contribution in [0.1, 0.15) is 13.8 Å². The molecule has 0 amide bonds. The van der Waals surface area contributed by atoms with Gasteiger partial charge in [-0.1, -0.05) is 0 Å². The number of fused-ring (bicyclic) bond motifs is 1. The summed E-state index contributed by atoms with van der Waals surface area (Å²) < 4.78 is 0. The molecule has 0 bridgehead atoms. The van der Waals surface area contributed by atoms with Crippen molar-refractivity contribution in [2.45, 2.75) is 13.8 Å². The number of nitro benzene ring substituents is 1. The van der Waals surface area contributed by atoms with Crippen LogP contribution in [0.25, 0.3) is 10.9 Å². The lowest BCUT2D eigenvalue weighted by Crippen LogP contribution is -2.24. The average molecular weight is 261 g/mol. The largest absolute Gasteiger partial charge is 0.383 e. The molecule has 1 heterocycles. The van der Waals surface area contributed by atoms with Gasteiger partial charge in [0.25, 0.3) is 5.69 Å². The molecule has 0 saturated carbocycles. The van der Waals surface area contributed by atoms with Crippen LogP contribution in [-0.2, 0) is 0 Å². The quantitative estimate of drug-likeness (QED) is 0.667. The number of nitrogens with two attached hydrogens (primary N) is 1. The summed E-state index contributed by atoms with van der Waals surface area (Å²) in [6, 6.07) is 4.41. The molecule has 0 radical (unpaired) electrons. The van der Waals surface area contributed by atoms with Gasteiger partial charge in [0, 0.05) is 30.6 Å². The second-order valence-corrected chi connectivity index (χ2v) is 4.04. The minimum Gasteiger partial charge on any atom is -0.383 e. The number of nitrogens with zero attached hydrogens (tertiary/aromatic N) is 4. The topological polar surface area (TPSA) is 98.2 Å². The minimum atomic E-state index is -0.461. The molecule has 0 aliphatic rings. The molecule has 19 heavy (non-hydrogen) atoms. The molecular formula is C12H15N5O2. The molecule has 0 aliphatic carbocycles. The zero-order valence-corrected chi connectivity index (χ0v) is 10.8. The summed E-state index contributed by atoms with van der Waals surface area (Å²) >= 11 is 0. The highest BCUT2D eigenvalue weighted by Crippen LogP contribution is 2.25. The lowest BCUT2D eigenvalue weighted by atomic mass is 10.2. The Balaban J connectivity index is 2.59. The summed E-state index contributed by atoms with van der Waals surface area (Å²) in [5.74, 6) is 0.805. The number of anilines is 2. The third-order valence-electron chi connectivity index (χ3n) is 2.95. The van der Waals surface area contributed by atoms with E-state index >= 15 is 0 Å². The first-order valence-corrected chi connectivity index (χ1v) is 6.03. The Bertz CT molecular complexity index is 625. The second kappa shape index (κ2) is 5.05. The number of hydrogen-bond donors (Lipinski definition) is 1. The van der Waals surface area contributed by atoms with Crippen molar-refractivity contribution in [2.24, 2.45) is 0 Å². The zero-order chi connectivity index (χ0) is 14.0. The molecule has 2 N–H and O–H groups in total. The standard InChI is InChI=1S/C12H15N5O2/c1-3-16(4-2)12-14-10-6-5-8(17(18)19)7-9(10)11(13)15-12/h5-7H,3-4H2,1-2H3,(H2,13,14,15).